The Hall–Kier alpha value is -3.91. The lowest BCUT2D eigenvalue weighted by Crippen LogP contribution is -2.30. The van der Waals surface area contributed by atoms with Crippen LogP contribution in [0.1, 0.15) is 28.3 Å². The van der Waals surface area contributed by atoms with Gasteiger partial charge < -0.3 is 14.8 Å². The maximum atomic E-state index is 13.4. The number of aromatic nitrogens is 2. The molecule has 35 heavy (non-hydrogen) atoms. The van der Waals surface area contributed by atoms with Crippen LogP contribution < -0.4 is 9.64 Å². The van der Waals surface area contributed by atoms with Crippen LogP contribution in [0.4, 0.5) is 5.95 Å². The number of hydrogen-bond acceptors (Lipinski definition) is 5. The van der Waals surface area contributed by atoms with E-state index in [1.807, 2.05) is 26.0 Å². The van der Waals surface area contributed by atoms with Crippen LogP contribution in [0.15, 0.2) is 70.7 Å². The number of aromatic amines is 1. The number of nitrogens with one attached hydrogen (secondary N) is 1. The number of aliphatic hydroxyl groups is 1. The lowest BCUT2D eigenvalue weighted by molar-refractivity contribution is -0.132. The molecule has 1 fully saturated rings. The molecule has 0 radical (unpaired) electrons. The van der Waals surface area contributed by atoms with E-state index in [-0.39, 0.29) is 17.3 Å². The number of ketones is 1. The van der Waals surface area contributed by atoms with Crippen LogP contribution in [-0.4, -0.2) is 33.9 Å². The molecular weight excluding hydrogens is 510 g/mol. The summed E-state index contributed by atoms with van der Waals surface area (Å²) < 4.78 is 6.21. The molecule has 0 saturated carbocycles. The van der Waals surface area contributed by atoms with Gasteiger partial charge in [0, 0.05) is 10.0 Å². The Kier molecular flexibility index (Phi) is 5.68. The van der Waals surface area contributed by atoms with E-state index in [2.05, 4.69) is 25.9 Å². The number of carbonyl (C=O) groups excluding carboxylic acids is 2. The van der Waals surface area contributed by atoms with Crippen molar-refractivity contribution in [3.8, 4) is 5.75 Å². The first-order chi connectivity index (χ1) is 16.8. The molecule has 1 saturated heterocycles. The van der Waals surface area contributed by atoms with Gasteiger partial charge in [-0.25, -0.2) is 4.98 Å². The van der Waals surface area contributed by atoms with Crippen molar-refractivity contribution in [3.05, 3.63) is 93.0 Å². The molecule has 3 aromatic carbocycles. The van der Waals surface area contributed by atoms with Gasteiger partial charge in [0.05, 0.1) is 29.8 Å². The SMILES string of the molecule is COc1cccc(C2/C(=C(\O)c3ccc(Br)cc3)C(=O)C(=O)N2c2nc3cc(C)c(C)cc3[nH]2)c1. The van der Waals surface area contributed by atoms with Gasteiger partial charge in [-0.05, 0) is 66.9 Å². The average molecular weight is 532 g/mol. The van der Waals surface area contributed by atoms with E-state index in [4.69, 9.17) is 4.74 Å². The number of rotatable bonds is 4. The molecule has 0 aliphatic carbocycles. The Morgan fingerprint density at radius 3 is 2.49 bits per heavy atom. The van der Waals surface area contributed by atoms with Gasteiger partial charge in [-0.3, -0.25) is 14.5 Å². The van der Waals surface area contributed by atoms with Crippen molar-refractivity contribution >= 4 is 50.4 Å². The largest absolute Gasteiger partial charge is 0.507 e. The fourth-order valence-electron chi connectivity index (χ4n) is 4.31. The molecule has 1 unspecified atom stereocenters. The minimum Gasteiger partial charge on any atom is -0.507 e. The van der Waals surface area contributed by atoms with Crippen molar-refractivity contribution in [2.45, 2.75) is 19.9 Å². The molecule has 1 aliphatic heterocycles. The van der Waals surface area contributed by atoms with Gasteiger partial charge >= 0.3 is 5.91 Å². The number of ether oxygens (including phenoxy) is 1. The van der Waals surface area contributed by atoms with Crippen molar-refractivity contribution in [2.24, 2.45) is 0 Å². The molecule has 1 aliphatic rings. The number of hydrogen-bond donors (Lipinski definition) is 2. The predicted molar refractivity (Wildman–Crippen MR) is 137 cm³/mol. The standard InChI is InChI=1S/C27H22BrN3O4/c1-14-11-20-21(12-15(14)2)30-27(29-20)31-23(17-5-4-6-19(13-17)35-3)22(25(33)26(31)34)24(32)16-7-9-18(28)10-8-16/h4-13,23,32H,1-3H3,(H,29,30)/b24-22+. The Morgan fingerprint density at radius 1 is 1.06 bits per heavy atom. The summed E-state index contributed by atoms with van der Waals surface area (Å²) >= 11 is 3.38. The molecule has 8 heteroatoms. The minimum absolute atomic E-state index is 0.0154. The molecule has 7 nitrogen and oxygen atoms in total. The van der Waals surface area contributed by atoms with Gasteiger partial charge in [0.2, 0.25) is 5.95 Å². The Morgan fingerprint density at radius 2 is 1.77 bits per heavy atom. The van der Waals surface area contributed by atoms with Gasteiger partial charge in [-0.1, -0.05) is 40.2 Å². The lowest BCUT2D eigenvalue weighted by atomic mass is 9.95. The summed E-state index contributed by atoms with van der Waals surface area (Å²) in [5, 5.41) is 11.2. The summed E-state index contributed by atoms with van der Waals surface area (Å²) in [6.07, 6.45) is 0. The fraction of sp³-hybridized carbons (Fsp3) is 0.148. The number of aliphatic hydroxyl groups excluding tert-OH is 1. The second-order valence-electron chi connectivity index (χ2n) is 8.47. The number of imidazole rings is 1. The molecule has 0 bridgehead atoms. The maximum absolute atomic E-state index is 13.4. The highest BCUT2D eigenvalue weighted by Gasteiger charge is 2.48. The smallest absolute Gasteiger partial charge is 0.302 e. The summed E-state index contributed by atoms with van der Waals surface area (Å²) in [7, 11) is 1.54. The molecule has 1 atom stereocenters. The van der Waals surface area contributed by atoms with Crippen LogP contribution in [0.3, 0.4) is 0 Å². The average Bonchev–Trinajstić information content (AvgIpc) is 3.37. The molecular formula is C27H22BrN3O4. The Balaban J connectivity index is 1.74. The first-order valence-corrected chi connectivity index (χ1v) is 11.8. The van der Waals surface area contributed by atoms with E-state index in [9.17, 15) is 14.7 Å². The normalized spacial score (nSPS) is 17.4. The number of carbonyl (C=O) groups is 2. The number of aryl methyl sites for hydroxylation is 2. The number of halogens is 1. The second-order valence-corrected chi connectivity index (χ2v) is 9.38. The van der Waals surface area contributed by atoms with Crippen molar-refractivity contribution in [1.29, 1.82) is 0 Å². The fourth-order valence-corrected chi connectivity index (χ4v) is 4.58. The van der Waals surface area contributed by atoms with E-state index >= 15 is 0 Å². The number of Topliss-reactive ketones (excluding diaryl/α,β-unsaturated/α-hetero) is 1. The number of amides is 1. The highest BCUT2D eigenvalue weighted by molar-refractivity contribution is 9.10. The monoisotopic (exact) mass is 531 g/mol. The van der Waals surface area contributed by atoms with Crippen LogP contribution in [0, 0.1) is 13.8 Å². The summed E-state index contributed by atoms with van der Waals surface area (Å²) in [6, 6.07) is 17.0. The number of methoxy groups -OCH3 is 1. The Labute approximate surface area is 210 Å². The Bertz CT molecular complexity index is 1480. The molecule has 4 aromatic rings. The topological polar surface area (TPSA) is 95.5 Å². The van der Waals surface area contributed by atoms with Crippen molar-refractivity contribution in [3.63, 3.8) is 0 Å². The van der Waals surface area contributed by atoms with Gasteiger partial charge in [-0.15, -0.1) is 0 Å². The van der Waals surface area contributed by atoms with E-state index in [1.54, 1.807) is 55.6 Å². The van der Waals surface area contributed by atoms with E-state index < -0.39 is 17.7 Å². The van der Waals surface area contributed by atoms with E-state index in [1.165, 1.54) is 4.90 Å². The predicted octanol–water partition coefficient (Wildman–Crippen LogP) is 5.58. The van der Waals surface area contributed by atoms with Crippen LogP contribution >= 0.6 is 15.9 Å². The number of anilines is 1. The maximum Gasteiger partial charge on any atom is 0.302 e. The number of H-pyrrole nitrogens is 1. The zero-order valence-corrected chi connectivity index (χ0v) is 20.9. The third-order valence-electron chi connectivity index (χ3n) is 6.28. The third-order valence-corrected chi connectivity index (χ3v) is 6.81. The highest BCUT2D eigenvalue weighted by Crippen LogP contribution is 2.42. The quantitative estimate of drug-likeness (QED) is 0.203. The zero-order valence-electron chi connectivity index (χ0n) is 19.3. The lowest BCUT2D eigenvalue weighted by Gasteiger charge is -2.23. The minimum atomic E-state index is -0.906. The summed E-state index contributed by atoms with van der Waals surface area (Å²) in [5.41, 5.74) is 4.60. The highest BCUT2D eigenvalue weighted by atomic mass is 79.9. The summed E-state index contributed by atoms with van der Waals surface area (Å²) in [4.78, 5) is 35.9. The molecule has 0 spiro atoms. The van der Waals surface area contributed by atoms with Crippen LogP contribution in [-0.2, 0) is 9.59 Å². The van der Waals surface area contributed by atoms with E-state index in [0.717, 1.165) is 21.1 Å². The van der Waals surface area contributed by atoms with Crippen molar-refractivity contribution in [2.75, 3.05) is 12.0 Å². The number of nitrogens with zero attached hydrogens (tertiary/aromatic N) is 2. The molecule has 5 rings (SSSR count). The molecule has 176 valence electrons. The molecule has 1 aromatic heterocycles. The zero-order chi connectivity index (χ0) is 24.9. The molecule has 2 N–H and O–H groups in total. The van der Waals surface area contributed by atoms with E-state index in [0.29, 0.717) is 22.4 Å². The first kappa shape index (κ1) is 22.9. The first-order valence-electron chi connectivity index (χ1n) is 11.0. The molecule has 1 amide bonds. The number of fused-ring (bicyclic) bond motifs is 1. The van der Waals surface area contributed by atoms with Crippen LogP contribution in [0.2, 0.25) is 0 Å². The van der Waals surface area contributed by atoms with Crippen LogP contribution in [0.5, 0.6) is 5.75 Å². The third kappa shape index (κ3) is 3.89. The number of benzene rings is 3. The van der Waals surface area contributed by atoms with Gasteiger partial charge in [-0.2, -0.15) is 0 Å². The van der Waals surface area contributed by atoms with Crippen molar-refractivity contribution < 1.29 is 19.4 Å². The molecule has 2 heterocycles. The second kappa shape index (κ2) is 8.70. The summed E-state index contributed by atoms with van der Waals surface area (Å²) in [6.45, 7) is 3.99. The van der Waals surface area contributed by atoms with Gasteiger partial charge in [0.1, 0.15) is 11.5 Å². The summed E-state index contributed by atoms with van der Waals surface area (Å²) in [5.74, 6) is -1.02. The van der Waals surface area contributed by atoms with Gasteiger partial charge in [0.15, 0.2) is 0 Å². The van der Waals surface area contributed by atoms with Gasteiger partial charge in [0.25, 0.3) is 5.78 Å². The van der Waals surface area contributed by atoms with Crippen LogP contribution in [0.25, 0.3) is 16.8 Å². The van der Waals surface area contributed by atoms with Crippen molar-refractivity contribution in [1.82, 2.24) is 9.97 Å².